The summed E-state index contributed by atoms with van der Waals surface area (Å²) in [5.41, 5.74) is 2.64. The van der Waals surface area contributed by atoms with E-state index in [1.807, 2.05) is 38.4 Å². The number of carboxylic acids is 1. The molecule has 2 aromatic rings. The second-order valence-electron chi connectivity index (χ2n) is 7.87. The minimum Gasteiger partial charge on any atom is -0.475 e. The van der Waals surface area contributed by atoms with E-state index in [0.717, 1.165) is 30.5 Å². The number of hydrogen-bond acceptors (Lipinski definition) is 5. The molecule has 12 heteroatoms. The van der Waals surface area contributed by atoms with Crippen molar-refractivity contribution in [3.8, 4) is 11.1 Å². The highest BCUT2D eigenvalue weighted by Gasteiger charge is 2.38. The zero-order chi connectivity index (χ0) is 25.5. The van der Waals surface area contributed by atoms with Crippen molar-refractivity contribution in [2.24, 2.45) is 0 Å². The van der Waals surface area contributed by atoms with Gasteiger partial charge in [0.25, 0.3) is 0 Å². The van der Waals surface area contributed by atoms with Gasteiger partial charge in [0.2, 0.25) is 10.0 Å². The van der Waals surface area contributed by atoms with E-state index in [1.54, 1.807) is 6.07 Å². The van der Waals surface area contributed by atoms with Crippen molar-refractivity contribution >= 4 is 16.0 Å². The maximum atomic E-state index is 14.5. The molecule has 0 aliphatic carbocycles. The number of halogens is 4. The van der Waals surface area contributed by atoms with Gasteiger partial charge in [0, 0.05) is 19.7 Å². The molecule has 0 spiro atoms. The van der Waals surface area contributed by atoms with Crippen molar-refractivity contribution in [3.05, 3.63) is 53.8 Å². The van der Waals surface area contributed by atoms with E-state index in [4.69, 9.17) is 14.6 Å². The molecule has 1 saturated heterocycles. The van der Waals surface area contributed by atoms with Gasteiger partial charge in [0.05, 0.1) is 6.10 Å². The van der Waals surface area contributed by atoms with Crippen LogP contribution in [-0.4, -0.2) is 63.9 Å². The minimum atomic E-state index is -5.08. The third-order valence-electron chi connectivity index (χ3n) is 4.77. The third-order valence-corrected chi connectivity index (χ3v) is 6.23. The van der Waals surface area contributed by atoms with Crippen LogP contribution in [0.15, 0.2) is 47.4 Å². The molecule has 0 bridgehead atoms. The number of rotatable bonds is 7. The van der Waals surface area contributed by atoms with Crippen LogP contribution in [0.4, 0.5) is 17.6 Å². The second-order valence-corrected chi connectivity index (χ2v) is 9.61. The van der Waals surface area contributed by atoms with Crippen LogP contribution >= 0.6 is 0 Å². The molecule has 188 valence electrons. The molecule has 1 atom stereocenters. The van der Waals surface area contributed by atoms with Crippen molar-refractivity contribution < 1.29 is 40.6 Å². The summed E-state index contributed by atoms with van der Waals surface area (Å²) in [7, 11) is 0.0826. The molecular weight excluding hydrogens is 480 g/mol. The lowest BCUT2D eigenvalue weighted by Gasteiger charge is -2.13. The zero-order valence-electron chi connectivity index (χ0n) is 18.6. The fourth-order valence-corrected chi connectivity index (χ4v) is 4.28. The number of aliphatic carboxylic acids is 1. The molecule has 0 amide bonds. The Kier molecular flexibility index (Phi) is 9.56. The van der Waals surface area contributed by atoms with Crippen LogP contribution in [0, 0.1) is 5.82 Å². The SMILES string of the molecule is CN(C)Cc1ccc(-c2ccc(S(=O)(=O)NCC3CCCO3)c(F)c2)cc1.O=C(O)C(F)(F)F. The average molecular weight is 507 g/mol. The van der Waals surface area contributed by atoms with Gasteiger partial charge in [0.15, 0.2) is 0 Å². The Morgan fingerprint density at radius 1 is 1.15 bits per heavy atom. The van der Waals surface area contributed by atoms with Gasteiger partial charge >= 0.3 is 12.1 Å². The standard InChI is InChI=1S/C20H25FN2O3S.C2HF3O2/c1-23(2)14-15-5-7-16(8-6-15)17-9-10-20(19(21)12-17)27(24,25)22-13-18-4-3-11-26-18;3-2(4,5)1(6)7/h5-10,12,18,22H,3-4,11,13-14H2,1-2H3;(H,6,7). The molecule has 2 N–H and O–H groups in total. The second kappa shape index (κ2) is 11.7. The predicted molar refractivity (Wildman–Crippen MR) is 117 cm³/mol. The van der Waals surface area contributed by atoms with Gasteiger partial charge in [-0.1, -0.05) is 30.3 Å². The molecular formula is C22H26F4N2O5S. The van der Waals surface area contributed by atoms with Gasteiger partial charge < -0.3 is 14.7 Å². The van der Waals surface area contributed by atoms with Gasteiger partial charge in [-0.05, 0) is 55.8 Å². The topological polar surface area (TPSA) is 95.9 Å². The Balaban J connectivity index is 0.000000509. The fourth-order valence-electron chi connectivity index (χ4n) is 3.15. The smallest absolute Gasteiger partial charge is 0.475 e. The molecule has 1 unspecified atom stereocenters. The number of hydrogen-bond donors (Lipinski definition) is 2. The Bertz CT molecular complexity index is 1070. The van der Waals surface area contributed by atoms with Gasteiger partial charge in [-0.25, -0.2) is 22.3 Å². The van der Waals surface area contributed by atoms with Crippen molar-refractivity contribution in [3.63, 3.8) is 0 Å². The van der Waals surface area contributed by atoms with E-state index in [1.165, 1.54) is 12.1 Å². The fraction of sp³-hybridized carbons (Fsp3) is 0.409. The highest BCUT2D eigenvalue weighted by Crippen LogP contribution is 2.25. The summed E-state index contributed by atoms with van der Waals surface area (Å²) in [6.45, 7) is 1.63. The first-order valence-electron chi connectivity index (χ1n) is 10.2. The first-order valence-corrected chi connectivity index (χ1v) is 11.7. The van der Waals surface area contributed by atoms with E-state index >= 15 is 0 Å². The summed E-state index contributed by atoms with van der Waals surface area (Å²) in [5, 5.41) is 7.12. The molecule has 0 saturated carbocycles. The van der Waals surface area contributed by atoms with Crippen LogP contribution in [0.2, 0.25) is 0 Å². The van der Waals surface area contributed by atoms with Crippen molar-refractivity contribution in [2.45, 2.75) is 36.6 Å². The molecule has 0 radical (unpaired) electrons. The largest absolute Gasteiger partial charge is 0.490 e. The average Bonchev–Trinajstić information content (AvgIpc) is 3.26. The molecule has 0 aromatic heterocycles. The first kappa shape index (κ1) is 27.7. The van der Waals surface area contributed by atoms with Crippen LogP contribution in [-0.2, 0) is 26.1 Å². The quantitative estimate of drug-likeness (QED) is 0.557. The number of nitrogens with one attached hydrogen (secondary N) is 1. The first-order chi connectivity index (χ1) is 15.8. The van der Waals surface area contributed by atoms with E-state index in [-0.39, 0.29) is 17.5 Å². The Labute approximate surface area is 195 Å². The van der Waals surface area contributed by atoms with Crippen LogP contribution in [0.1, 0.15) is 18.4 Å². The number of benzene rings is 2. The van der Waals surface area contributed by atoms with E-state index in [2.05, 4.69) is 9.62 Å². The molecule has 1 aliphatic heterocycles. The summed E-state index contributed by atoms with van der Waals surface area (Å²) in [6, 6.07) is 12.0. The molecule has 2 aromatic carbocycles. The van der Waals surface area contributed by atoms with E-state index < -0.39 is 28.0 Å². The van der Waals surface area contributed by atoms with E-state index in [9.17, 15) is 26.0 Å². The highest BCUT2D eigenvalue weighted by atomic mass is 32.2. The molecule has 3 rings (SSSR count). The molecule has 7 nitrogen and oxygen atoms in total. The number of sulfonamides is 1. The lowest BCUT2D eigenvalue weighted by molar-refractivity contribution is -0.192. The van der Waals surface area contributed by atoms with Gasteiger partial charge in [-0.3, -0.25) is 0 Å². The lowest BCUT2D eigenvalue weighted by atomic mass is 10.0. The highest BCUT2D eigenvalue weighted by molar-refractivity contribution is 7.89. The normalized spacial score (nSPS) is 16.3. The lowest BCUT2D eigenvalue weighted by Crippen LogP contribution is -2.32. The van der Waals surface area contributed by atoms with Crippen LogP contribution in [0.5, 0.6) is 0 Å². The van der Waals surface area contributed by atoms with Crippen LogP contribution in [0.25, 0.3) is 11.1 Å². The predicted octanol–water partition coefficient (Wildman–Crippen LogP) is 3.64. The minimum absolute atomic E-state index is 0.136. The number of alkyl halides is 3. The summed E-state index contributed by atoms with van der Waals surface area (Å²) in [4.78, 5) is 10.6. The maximum absolute atomic E-state index is 14.5. The molecule has 34 heavy (non-hydrogen) atoms. The number of carboxylic acid groups (broad SMARTS) is 1. The van der Waals surface area contributed by atoms with Gasteiger partial charge in [-0.2, -0.15) is 13.2 Å². The summed E-state index contributed by atoms with van der Waals surface area (Å²) < 4.78 is 78.9. The molecule has 1 aliphatic rings. The van der Waals surface area contributed by atoms with Crippen LogP contribution in [0.3, 0.4) is 0 Å². The van der Waals surface area contributed by atoms with E-state index in [0.29, 0.717) is 12.2 Å². The van der Waals surface area contributed by atoms with Gasteiger partial charge in [-0.15, -0.1) is 0 Å². The molecule has 1 fully saturated rings. The summed E-state index contributed by atoms with van der Waals surface area (Å²) >= 11 is 0. The monoisotopic (exact) mass is 506 g/mol. The number of ether oxygens (including phenoxy) is 1. The number of carbonyl (C=O) groups is 1. The third kappa shape index (κ3) is 8.35. The van der Waals surface area contributed by atoms with Crippen molar-refractivity contribution in [2.75, 3.05) is 27.2 Å². The number of nitrogens with zero attached hydrogens (tertiary/aromatic N) is 1. The summed E-state index contributed by atoms with van der Waals surface area (Å²) in [5.74, 6) is -3.52. The maximum Gasteiger partial charge on any atom is 0.490 e. The Morgan fingerprint density at radius 2 is 1.74 bits per heavy atom. The van der Waals surface area contributed by atoms with Crippen molar-refractivity contribution in [1.29, 1.82) is 0 Å². The summed E-state index contributed by atoms with van der Waals surface area (Å²) in [6.07, 6.45) is -3.49. The zero-order valence-corrected chi connectivity index (χ0v) is 19.4. The molecule has 1 heterocycles. The Hall–Kier alpha value is -2.54. The van der Waals surface area contributed by atoms with Gasteiger partial charge in [0.1, 0.15) is 10.7 Å². The van der Waals surface area contributed by atoms with Crippen molar-refractivity contribution in [1.82, 2.24) is 9.62 Å². The van der Waals surface area contributed by atoms with Crippen LogP contribution < -0.4 is 4.72 Å². The Morgan fingerprint density at radius 3 is 2.21 bits per heavy atom.